The van der Waals surface area contributed by atoms with E-state index in [2.05, 4.69) is 82.8 Å². The van der Waals surface area contributed by atoms with Crippen LogP contribution in [0, 0.1) is 5.92 Å². The molecule has 1 nitrogen and oxygen atoms in total. The van der Waals surface area contributed by atoms with Crippen molar-refractivity contribution in [3.8, 4) is 0 Å². The Labute approximate surface area is 140 Å². The molecule has 0 bridgehead atoms. The third kappa shape index (κ3) is 2.30. The molecule has 22 heavy (non-hydrogen) atoms. The van der Waals surface area contributed by atoms with E-state index in [0.717, 1.165) is 17.3 Å². The van der Waals surface area contributed by atoms with Crippen molar-refractivity contribution in [2.75, 3.05) is 5.32 Å². The van der Waals surface area contributed by atoms with E-state index in [0.29, 0.717) is 17.9 Å². The Hall–Kier alpha value is -1.54. The van der Waals surface area contributed by atoms with Crippen molar-refractivity contribution < 1.29 is 0 Å². The summed E-state index contributed by atoms with van der Waals surface area (Å²) in [5.41, 5.74) is 5.58. The van der Waals surface area contributed by atoms with Gasteiger partial charge in [-0.2, -0.15) is 0 Å². The van der Waals surface area contributed by atoms with Crippen LogP contribution in [0.15, 0.2) is 59.1 Å². The fourth-order valence-corrected chi connectivity index (χ4v) is 4.31. The van der Waals surface area contributed by atoms with Gasteiger partial charge in [-0.1, -0.05) is 59.3 Å². The summed E-state index contributed by atoms with van der Waals surface area (Å²) in [5.74, 6) is 1.17. The molecular formula is C20H20BrN. The van der Waals surface area contributed by atoms with Crippen LogP contribution in [0.2, 0.25) is 0 Å². The lowest BCUT2D eigenvalue weighted by atomic mass is 9.76. The molecule has 0 amide bonds. The second kappa shape index (κ2) is 5.58. The van der Waals surface area contributed by atoms with Crippen LogP contribution in [-0.2, 0) is 6.42 Å². The summed E-state index contributed by atoms with van der Waals surface area (Å²) in [6, 6.07) is 16.0. The van der Waals surface area contributed by atoms with Gasteiger partial charge in [-0.3, -0.25) is 0 Å². The number of anilines is 1. The fourth-order valence-electron chi connectivity index (χ4n) is 3.89. The molecule has 112 valence electrons. The zero-order valence-corrected chi connectivity index (χ0v) is 14.3. The summed E-state index contributed by atoms with van der Waals surface area (Å²) in [6.07, 6.45) is 7.03. The van der Waals surface area contributed by atoms with Gasteiger partial charge in [-0.05, 0) is 53.6 Å². The minimum atomic E-state index is 0.387. The number of nitrogens with one attached hydrogen (secondary N) is 1. The molecule has 0 saturated carbocycles. The first-order chi connectivity index (χ1) is 10.8. The molecule has 0 fully saturated rings. The average Bonchev–Trinajstić information content (AvgIpc) is 3.03. The lowest BCUT2D eigenvalue weighted by Crippen LogP contribution is -2.29. The van der Waals surface area contributed by atoms with Crippen molar-refractivity contribution in [3.63, 3.8) is 0 Å². The van der Waals surface area contributed by atoms with Crippen molar-refractivity contribution in [3.05, 3.63) is 75.8 Å². The molecule has 4 rings (SSSR count). The van der Waals surface area contributed by atoms with Crippen LogP contribution in [0.25, 0.3) is 0 Å². The summed E-state index contributed by atoms with van der Waals surface area (Å²) in [6.45, 7) is 2.23. The van der Waals surface area contributed by atoms with Crippen LogP contribution in [0.3, 0.4) is 0 Å². The Morgan fingerprint density at radius 2 is 2.09 bits per heavy atom. The number of allylic oxidation sites excluding steroid dienone is 2. The lowest BCUT2D eigenvalue weighted by Gasteiger charge is -2.37. The molecule has 1 aliphatic carbocycles. The number of hydrogen-bond donors (Lipinski definition) is 1. The van der Waals surface area contributed by atoms with Gasteiger partial charge < -0.3 is 5.32 Å². The SMILES string of the molecule is CCc1ccc2c(c1)[C@@H]1C=CC[C@H]1[C@@H](c1cccc(Br)c1)N2. The number of rotatable bonds is 2. The molecule has 0 spiro atoms. The number of benzene rings is 2. The first kappa shape index (κ1) is 14.1. The summed E-state index contributed by atoms with van der Waals surface area (Å²) in [7, 11) is 0. The predicted molar refractivity (Wildman–Crippen MR) is 96.3 cm³/mol. The molecular weight excluding hydrogens is 334 g/mol. The molecule has 2 heteroatoms. The summed E-state index contributed by atoms with van der Waals surface area (Å²) >= 11 is 3.61. The Balaban J connectivity index is 1.78. The van der Waals surface area contributed by atoms with E-state index in [9.17, 15) is 0 Å². The smallest absolute Gasteiger partial charge is 0.0554 e. The van der Waals surface area contributed by atoms with Gasteiger partial charge in [0.15, 0.2) is 0 Å². The molecule has 2 aromatic rings. The van der Waals surface area contributed by atoms with Crippen LogP contribution in [-0.4, -0.2) is 0 Å². The third-order valence-corrected chi connectivity index (χ3v) is 5.54. The van der Waals surface area contributed by atoms with Gasteiger partial charge in [0.2, 0.25) is 0 Å². The van der Waals surface area contributed by atoms with Gasteiger partial charge in [0, 0.05) is 16.1 Å². The summed E-state index contributed by atoms with van der Waals surface area (Å²) in [5, 5.41) is 3.80. The monoisotopic (exact) mass is 353 g/mol. The molecule has 0 aromatic heterocycles. The van der Waals surface area contributed by atoms with Gasteiger partial charge >= 0.3 is 0 Å². The van der Waals surface area contributed by atoms with Gasteiger partial charge in [0.05, 0.1) is 6.04 Å². The average molecular weight is 354 g/mol. The quantitative estimate of drug-likeness (QED) is 0.668. The van der Waals surface area contributed by atoms with Crippen LogP contribution in [0.5, 0.6) is 0 Å². The molecule has 2 aromatic carbocycles. The van der Waals surface area contributed by atoms with Crippen molar-refractivity contribution in [2.45, 2.75) is 31.7 Å². The van der Waals surface area contributed by atoms with Crippen LogP contribution in [0.1, 0.15) is 42.0 Å². The van der Waals surface area contributed by atoms with Crippen molar-refractivity contribution in [1.29, 1.82) is 0 Å². The molecule has 3 atom stereocenters. The lowest BCUT2D eigenvalue weighted by molar-refractivity contribution is 0.425. The van der Waals surface area contributed by atoms with E-state index < -0.39 is 0 Å². The Morgan fingerprint density at radius 3 is 2.91 bits per heavy atom. The first-order valence-electron chi connectivity index (χ1n) is 8.07. The highest BCUT2D eigenvalue weighted by atomic mass is 79.9. The number of hydrogen-bond acceptors (Lipinski definition) is 1. The second-order valence-electron chi connectivity index (χ2n) is 6.31. The Kier molecular flexibility index (Phi) is 3.57. The zero-order valence-electron chi connectivity index (χ0n) is 12.7. The van der Waals surface area contributed by atoms with E-state index in [1.54, 1.807) is 0 Å². The highest BCUT2D eigenvalue weighted by Crippen LogP contribution is 2.50. The van der Waals surface area contributed by atoms with E-state index in [1.165, 1.54) is 22.4 Å². The zero-order chi connectivity index (χ0) is 15.1. The number of halogens is 1. The summed E-state index contributed by atoms with van der Waals surface area (Å²) < 4.78 is 1.15. The molecule has 1 N–H and O–H groups in total. The fraction of sp³-hybridized carbons (Fsp3) is 0.300. The maximum Gasteiger partial charge on any atom is 0.0554 e. The van der Waals surface area contributed by atoms with Gasteiger partial charge in [-0.25, -0.2) is 0 Å². The molecule has 0 radical (unpaired) electrons. The maximum absolute atomic E-state index is 3.80. The van der Waals surface area contributed by atoms with Gasteiger partial charge in [0.1, 0.15) is 0 Å². The predicted octanol–water partition coefficient (Wildman–Crippen LogP) is 5.84. The van der Waals surface area contributed by atoms with Gasteiger partial charge in [0.25, 0.3) is 0 Å². The van der Waals surface area contributed by atoms with Crippen LogP contribution in [0.4, 0.5) is 5.69 Å². The Bertz CT molecular complexity index is 734. The van der Waals surface area contributed by atoms with E-state index in [1.807, 2.05) is 0 Å². The topological polar surface area (TPSA) is 12.0 Å². The molecule has 2 aliphatic rings. The standard InChI is InChI=1S/C20H20BrN/c1-2-13-9-10-19-18(11-13)16-7-4-8-17(16)20(22-19)14-5-3-6-15(21)12-14/h3-7,9-12,16-17,20,22H,2,8H2,1H3/t16-,17-,20-/m1/s1. The molecule has 1 heterocycles. The van der Waals surface area contributed by atoms with E-state index in [4.69, 9.17) is 0 Å². The number of aryl methyl sites for hydroxylation is 1. The molecule has 1 aliphatic heterocycles. The largest absolute Gasteiger partial charge is 0.378 e. The van der Waals surface area contributed by atoms with E-state index >= 15 is 0 Å². The van der Waals surface area contributed by atoms with Gasteiger partial charge in [-0.15, -0.1) is 0 Å². The molecule has 0 unspecified atom stereocenters. The minimum absolute atomic E-state index is 0.387. The highest BCUT2D eigenvalue weighted by Gasteiger charge is 2.37. The molecule has 0 saturated heterocycles. The van der Waals surface area contributed by atoms with Crippen molar-refractivity contribution >= 4 is 21.6 Å². The van der Waals surface area contributed by atoms with Crippen molar-refractivity contribution in [2.24, 2.45) is 5.92 Å². The summed E-state index contributed by atoms with van der Waals surface area (Å²) in [4.78, 5) is 0. The maximum atomic E-state index is 3.80. The van der Waals surface area contributed by atoms with Crippen LogP contribution >= 0.6 is 15.9 Å². The highest BCUT2D eigenvalue weighted by molar-refractivity contribution is 9.10. The van der Waals surface area contributed by atoms with Crippen molar-refractivity contribution in [1.82, 2.24) is 0 Å². The Morgan fingerprint density at radius 1 is 1.18 bits per heavy atom. The normalized spacial score (nSPS) is 25.5. The number of fused-ring (bicyclic) bond motifs is 3. The first-order valence-corrected chi connectivity index (χ1v) is 8.87. The van der Waals surface area contributed by atoms with E-state index in [-0.39, 0.29) is 0 Å². The third-order valence-electron chi connectivity index (χ3n) is 5.04. The van der Waals surface area contributed by atoms with Crippen LogP contribution < -0.4 is 5.32 Å². The minimum Gasteiger partial charge on any atom is -0.378 e. The second-order valence-corrected chi connectivity index (χ2v) is 7.22.